The van der Waals surface area contributed by atoms with Crippen molar-refractivity contribution in [1.82, 2.24) is 5.32 Å². The first-order chi connectivity index (χ1) is 7.25. The predicted octanol–water partition coefficient (Wildman–Crippen LogP) is 2.52. The molecular weight excluding hydrogens is 233 g/mol. The summed E-state index contributed by atoms with van der Waals surface area (Å²) in [6.45, 7) is 2.58. The van der Waals surface area contributed by atoms with Crippen molar-refractivity contribution in [2.24, 2.45) is 0 Å². The van der Waals surface area contributed by atoms with E-state index in [0.717, 1.165) is 36.8 Å². The molecule has 0 unspecified atom stereocenters. The van der Waals surface area contributed by atoms with Gasteiger partial charge in [-0.25, -0.2) is 0 Å². The number of nitrogens with one attached hydrogen (secondary N) is 1. The van der Waals surface area contributed by atoms with Crippen molar-refractivity contribution in [2.45, 2.75) is 12.5 Å². The van der Waals surface area contributed by atoms with Crippen LogP contribution in [-0.4, -0.2) is 25.8 Å². The van der Waals surface area contributed by atoms with E-state index >= 15 is 0 Å². The average molecular weight is 246 g/mol. The molecule has 2 rings (SSSR count). The van der Waals surface area contributed by atoms with Crippen molar-refractivity contribution in [3.05, 3.63) is 33.8 Å². The Hall–Kier alpha value is -0.280. The molecule has 82 valence electrons. The van der Waals surface area contributed by atoms with Gasteiger partial charge in [0, 0.05) is 10.0 Å². The van der Waals surface area contributed by atoms with Crippen LogP contribution in [-0.2, 0) is 11.2 Å². The van der Waals surface area contributed by atoms with Gasteiger partial charge in [0.15, 0.2) is 0 Å². The Bertz CT molecular complexity index is 339. The van der Waals surface area contributed by atoms with E-state index < -0.39 is 0 Å². The molecule has 1 heterocycles. The molecule has 0 amide bonds. The van der Waals surface area contributed by atoms with E-state index in [1.807, 2.05) is 12.1 Å². The minimum absolute atomic E-state index is 0.524. The molecule has 0 spiro atoms. The zero-order valence-electron chi connectivity index (χ0n) is 8.30. The SMILES string of the molecule is Clc1ccc(CCNC2COC2)c(Cl)c1. The Labute approximate surface area is 99.5 Å². The van der Waals surface area contributed by atoms with Gasteiger partial charge in [-0.05, 0) is 30.7 Å². The number of ether oxygens (including phenoxy) is 1. The Balaban J connectivity index is 1.81. The number of halogens is 2. The fourth-order valence-electron chi connectivity index (χ4n) is 1.49. The molecule has 1 aromatic rings. The van der Waals surface area contributed by atoms with Crippen LogP contribution < -0.4 is 5.32 Å². The molecule has 0 bridgehead atoms. The molecule has 4 heteroatoms. The van der Waals surface area contributed by atoms with Gasteiger partial charge >= 0.3 is 0 Å². The Morgan fingerprint density at radius 3 is 2.73 bits per heavy atom. The van der Waals surface area contributed by atoms with E-state index in [4.69, 9.17) is 27.9 Å². The van der Waals surface area contributed by atoms with Crippen LogP contribution in [0.5, 0.6) is 0 Å². The first-order valence-electron chi connectivity index (χ1n) is 5.01. The lowest BCUT2D eigenvalue weighted by molar-refractivity contribution is -0.00467. The van der Waals surface area contributed by atoms with Crippen molar-refractivity contribution >= 4 is 23.2 Å². The van der Waals surface area contributed by atoms with Crippen LogP contribution in [0.4, 0.5) is 0 Å². The summed E-state index contributed by atoms with van der Waals surface area (Å²) in [6.07, 6.45) is 0.923. The van der Waals surface area contributed by atoms with Crippen molar-refractivity contribution in [2.75, 3.05) is 19.8 Å². The molecule has 1 fully saturated rings. The van der Waals surface area contributed by atoms with Crippen molar-refractivity contribution < 1.29 is 4.74 Å². The summed E-state index contributed by atoms with van der Waals surface area (Å²) in [5.41, 5.74) is 1.13. The van der Waals surface area contributed by atoms with E-state index in [1.54, 1.807) is 6.07 Å². The molecule has 0 radical (unpaired) electrons. The van der Waals surface area contributed by atoms with Crippen LogP contribution in [0.25, 0.3) is 0 Å². The molecule has 0 aliphatic carbocycles. The molecular formula is C11H13Cl2NO. The Morgan fingerprint density at radius 2 is 2.13 bits per heavy atom. The molecule has 0 aromatic heterocycles. The van der Waals surface area contributed by atoms with E-state index in [9.17, 15) is 0 Å². The van der Waals surface area contributed by atoms with Gasteiger partial charge in [0.2, 0.25) is 0 Å². The lowest BCUT2D eigenvalue weighted by Crippen LogP contribution is -2.46. The highest BCUT2D eigenvalue weighted by Crippen LogP contribution is 2.21. The fourth-order valence-corrected chi connectivity index (χ4v) is 1.99. The third-order valence-electron chi connectivity index (χ3n) is 2.48. The quantitative estimate of drug-likeness (QED) is 0.881. The van der Waals surface area contributed by atoms with Crippen LogP contribution in [0.2, 0.25) is 10.0 Å². The van der Waals surface area contributed by atoms with Crippen molar-refractivity contribution in [3.63, 3.8) is 0 Å². The van der Waals surface area contributed by atoms with Gasteiger partial charge in [-0.1, -0.05) is 29.3 Å². The Kier molecular flexibility index (Phi) is 3.87. The average Bonchev–Trinajstić information content (AvgIpc) is 2.12. The summed E-state index contributed by atoms with van der Waals surface area (Å²) in [6, 6.07) is 6.15. The van der Waals surface area contributed by atoms with Gasteiger partial charge in [-0.15, -0.1) is 0 Å². The highest BCUT2D eigenvalue weighted by Gasteiger charge is 2.16. The highest BCUT2D eigenvalue weighted by molar-refractivity contribution is 6.35. The summed E-state index contributed by atoms with van der Waals surface area (Å²) in [4.78, 5) is 0. The molecule has 1 aliphatic heterocycles. The van der Waals surface area contributed by atoms with Gasteiger partial charge in [-0.3, -0.25) is 0 Å². The standard InChI is InChI=1S/C11H13Cl2NO/c12-9-2-1-8(11(13)5-9)3-4-14-10-6-15-7-10/h1-2,5,10,14H,3-4,6-7H2. The molecule has 1 aliphatic rings. The lowest BCUT2D eigenvalue weighted by Gasteiger charge is -2.27. The first kappa shape index (κ1) is 11.2. The van der Waals surface area contributed by atoms with Crippen LogP contribution in [0, 0.1) is 0 Å². The number of rotatable bonds is 4. The summed E-state index contributed by atoms with van der Waals surface area (Å²) in [7, 11) is 0. The van der Waals surface area contributed by atoms with Gasteiger partial charge < -0.3 is 10.1 Å². The first-order valence-corrected chi connectivity index (χ1v) is 5.76. The second kappa shape index (κ2) is 5.17. The second-order valence-electron chi connectivity index (χ2n) is 3.67. The molecule has 2 nitrogen and oxygen atoms in total. The molecule has 0 atom stereocenters. The summed E-state index contributed by atoms with van der Waals surface area (Å²) < 4.78 is 5.07. The van der Waals surface area contributed by atoms with Crippen LogP contribution >= 0.6 is 23.2 Å². The third-order valence-corrected chi connectivity index (χ3v) is 3.07. The maximum atomic E-state index is 6.06. The molecule has 15 heavy (non-hydrogen) atoms. The second-order valence-corrected chi connectivity index (χ2v) is 4.52. The lowest BCUT2D eigenvalue weighted by atomic mass is 10.1. The number of hydrogen-bond acceptors (Lipinski definition) is 2. The normalized spacial score (nSPS) is 16.4. The monoisotopic (exact) mass is 245 g/mol. The van der Waals surface area contributed by atoms with Crippen molar-refractivity contribution in [1.29, 1.82) is 0 Å². The summed E-state index contributed by atoms with van der Waals surface area (Å²) in [5.74, 6) is 0. The topological polar surface area (TPSA) is 21.3 Å². The third kappa shape index (κ3) is 3.08. The largest absolute Gasteiger partial charge is 0.378 e. The summed E-state index contributed by atoms with van der Waals surface area (Å²) in [5, 5.41) is 4.82. The van der Waals surface area contributed by atoms with Crippen LogP contribution in [0.15, 0.2) is 18.2 Å². The zero-order valence-corrected chi connectivity index (χ0v) is 9.81. The van der Waals surface area contributed by atoms with Gasteiger partial charge in [0.1, 0.15) is 0 Å². The van der Waals surface area contributed by atoms with E-state index in [2.05, 4.69) is 5.32 Å². The minimum atomic E-state index is 0.524. The molecule has 1 saturated heterocycles. The van der Waals surface area contributed by atoms with E-state index in [0.29, 0.717) is 11.1 Å². The molecule has 1 N–H and O–H groups in total. The van der Waals surface area contributed by atoms with Gasteiger partial charge in [0.05, 0.1) is 19.3 Å². The number of benzene rings is 1. The predicted molar refractivity (Wildman–Crippen MR) is 62.8 cm³/mol. The number of hydrogen-bond donors (Lipinski definition) is 1. The molecule has 1 aromatic carbocycles. The minimum Gasteiger partial charge on any atom is -0.378 e. The highest BCUT2D eigenvalue weighted by atomic mass is 35.5. The maximum absolute atomic E-state index is 6.06. The molecule has 0 saturated carbocycles. The van der Waals surface area contributed by atoms with E-state index in [-0.39, 0.29) is 0 Å². The zero-order chi connectivity index (χ0) is 10.7. The van der Waals surface area contributed by atoms with Crippen LogP contribution in [0.3, 0.4) is 0 Å². The maximum Gasteiger partial charge on any atom is 0.0643 e. The smallest absolute Gasteiger partial charge is 0.0643 e. The summed E-state index contributed by atoms with van der Waals surface area (Å²) >= 11 is 11.9. The van der Waals surface area contributed by atoms with Crippen LogP contribution in [0.1, 0.15) is 5.56 Å². The van der Waals surface area contributed by atoms with Gasteiger partial charge in [-0.2, -0.15) is 0 Å². The fraction of sp³-hybridized carbons (Fsp3) is 0.455. The van der Waals surface area contributed by atoms with E-state index in [1.165, 1.54) is 0 Å². The van der Waals surface area contributed by atoms with Gasteiger partial charge in [0.25, 0.3) is 0 Å². The van der Waals surface area contributed by atoms with Crippen molar-refractivity contribution in [3.8, 4) is 0 Å². The Morgan fingerprint density at radius 1 is 1.33 bits per heavy atom.